The average molecular weight is 383 g/mol. The third kappa shape index (κ3) is 4.40. The fourth-order valence-corrected chi connectivity index (χ4v) is 3.13. The maximum Gasteiger partial charge on any atom is 0.159 e. The van der Waals surface area contributed by atoms with Gasteiger partial charge in [-0.25, -0.2) is 14.4 Å². The molecular formula is C20H22FN5O2. The van der Waals surface area contributed by atoms with Crippen LogP contribution in [0.15, 0.2) is 58.4 Å². The first kappa shape index (κ1) is 19.6. The van der Waals surface area contributed by atoms with E-state index in [1.165, 1.54) is 19.2 Å². The molecule has 0 aliphatic carbocycles. The van der Waals surface area contributed by atoms with Crippen LogP contribution in [0.2, 0.25) is 0 Å². The number of benzene rings is 1. The first-order chi connectivity index (χ1) is 13.7. The van der Waals surface area contributed by atoms with Crippen LogP contribution in [-0.2, 0) is 11.3 Å². The highest BCUT2D eigenvalue weighted by Gasteiger charge is 2.31. The summed E-state index contributed by atoms with van der Waals surface area (Å²) >= 11 is 0. The molecule has 7 nitrogen and oxygen atoms in total. The molecule has 2 aromatic rings. The van der Waals surface area contributed by atoms with Gasteiger partial charge in [0.15, 0.2) is 6.23 Å². The van der Waals surface area contributed by atoms with E-state index in [9.17, 15) is 4.39 Å². The van der Waals surface area contributed by atoms with Gasteiger partial charge in [-0.15, -0.1) is 0 Å². The second-order valence-electron chi connectivity index (χ2n) is 6.08. The fraction of sp³-hybridized carbons (Fsp3) is 0.300. The van der Waals surface area contributed by atoms with Crippen molar-refractivity contribution in [3.05, 3.63) is 60.1 Å². The maximum absolute atomic E-state index is 14.0. The van der Waals surface area contributed by atoms with Crippen LogP contribution in [0.3, 0.4) is 0 Å². The van der Waals surface area contributed by atoms with Crippen molar-refractivity contribution in [3.63, 3.8) is 0 Å². The van der Waals surface area contributed by atoms with Crippen LogP contribution in [0.5, 0.6) is 5.75 Å². The van der Waals surface area contributed by atoms with Crippen molar-refractivity contribution in [1.29, 1.82) is 0 Å². The number of hydrogen-bond donors (Lipinski definition) is 0. The van der Waals surface area contributed by atoms with Crippen molar-refractivity contribution in [2.75, 3.05) is 25.7 Å². The Kier molecular flexibility index (Phi) is 6.44. The van der Waals surface area contributed by atoms with Gasteiger partial charge in [0.1, 0.15) is 17.4 Å². The molecule has 2 heterocycles. The Labute approximate surface area is 163 Å². The molecule has 0 saturated carbocycles. The van der Waals surface area contributed by atoms with E-state index in [4.69, 9.17) is 9.47 Å². The van der Waals surface area contributed by atoms with E-state index >= 15 is 0 Å². The summed E-state index contributed by atoms with van der Waals surface area (Å²) in [5.41, 5.74) is 2.26. The molecule has 1 atom stereocenters. The van der Waals surface area contributed by atoms with Crippen LogP contribution in [-0.4, -0.2) is 49.4 Å². The third-order valence-corrected chi connectivity index (χ3v) is 4.38. The smallest absolute Gasteiger partial charge is 0.159 e. The quantitative estimate of drug-likeness (QED) is 0.717. The number of halogens is 1. The Morgan fingerprint density at radius 1 is 1.29 bits per heavy atom. The average Bonchev–Trinajstić information content (AvgIpc) is 2.72. The predicted molar refractivity (Wildman–Crippen MR) is 107 cm³/mol. The molecule has 1 aliphatic heterocycles. The molecule has 146 valence electrons. The van der Waals surface area contributed by atoms with Crippen LogP contribution >= 0.6 is 0 Å². The summed E-state index contributed by atoms with van der Waals surface area (Å²) in [6, 6.07) is 6.32. The zero-order valence-electron chi connectivity index (χ0n) is 15.9. The Balaban J connectivity index is 1.91. The van der Waals surface area contributed by atoms with Gasteiger partial charge in [-0.05, 0) is 18.9 Å². The number of aromatic nitrogens is 2. The molecule has 1 fully saturated rings. The number of ether oxygens (including phenoxy) is 2. The summed E-state index contributed by atoms with van der Waals surface area (Å²) in [6.07, 6.45) is 5.14. The highest BCUT2D eigenvalue weighted by molar-refractivity contribution is 6.03. The lowest BCUT2D eigenvalue weighted by atomic mass is 9.99. The summed E-state index contributed by atoms with van der Waals surface area (Å²) in [6.45, 7) is 4.50. The predicted octanol–water partition coefficient (Wildman–Crippen LogP) is 3.03. The van der Waals surface area contributed by atoms with Gasteiger partial charge >= 0.3 is 0 Å². The van der Waals surface area contributed by atoms with Crippen LogP contribution < -0.4 is 9.64 Å². The lowest BCUT2D eigenvalue weighted by molar-refractivity contribution is 0.128. The zero-order chi connectivity index (χ0) is 19.9. The van der Waals surface area contributed by atoms with Crippen LogP contribution in [0.4, 0.5) is 10.1 Å². The summed E-state index contributed by atoms with van der Waals surface area (Å²) in [4.78, 5) is 18.9. The lowest BCUT2D eigenvalue weighted by Crippen LogP contribution is -2.46. The van der Waals surface area contributed by atoms with E-state index in [0.717, 1.165) is 11.3 Å². The minimum Gasteiger partial charge on any atom is -0.497 e. The molecule has 1 unspecified atom stereocenters. The Morgan fingerprint density at radius 2 is 2.07 bits per heavy atom. The van der Waals surface area contributed by atoms with E-state index in [2.05, 4.69) is 26.7 Å². The molecule has 0 bridgehead atoms. The summed E-state index contributed by atoms with van der Waals surface area (Å²) < 4.78 is 24.9. The number of nitrogens with zero attached hydrogens (tertiary/aromatic N) is 5. The molecule has 1 saturated heterocycles. The third-order valence-electron chi connectivity index (χ3n) is 4.38. The van der Waals surface area contributed by atoms with E-state index < -0.39 is 6.23 Å². The second kappa shape index (κ2) is 9.18. The molecule has 1 aromatic heterocycles. The largest absolute Gasteiger partial charge is 0.497 e. The molecule has 3 rings (SSSR count). The van der Waals surface area contributed by atoms with Gasteiger partial charge in [0.2, 0.25) is 0 Å². The first-order valence-corrected chi connectivity index (χ1v) is 8.75. The molecule has 0 N–H and O–H groups in total. The second-order valence-corrected chi connectivity index (χ2v) is 6.08. The van der Waals surface area contributed by atoms with Crippen LogP contribution in [0, 0.1) is 5.82 Å². The molecule has 1 aliphatic rings. The zero-order valence-corrected chi connectivity index (χ0v) is 15.9. The van der Waals surface area contributed by atoms with Crippen molar-refractivity contribution in [2.24, 2.45) is 9.98 Å². The van der Waals surface area contributed by atoms with Crippen LogP contribution in [0.25, 0.3) is 0 Å². The van der Waals surface area contributed by atoms with Crippen molar-refractivity contribution < 1.29 is 13.9 Å². The SMILES string of the molecule is C=NC=C1C(=NCc2ncccn2)CCN(c2cc(F)cc(OC)c2)C1OC. The van der Waals surface area contributed by atoms with Gasteiger partial charge in [0.25, 0.3) is 0 Å². The normalized spacial score (nSPS) is 19.8. The number of aliphatic imine (C=N–C) groups is 2. The van der Waals surface area contributed by atoms with E-state index in [0.29, 0.717) is 36.8 Å². The van der Waals surface area contributed by atoms with Crippen molar-refractivity contribution in [1.82, 2.24) is 9.97 Å². The molecule has 0 radical (unpaired) electrons. The minimum atomic E-state index is -0.485. The first-order valence-electron chi connectivity index (χ1n) is 8.75. The van der Waals surface area contributed by atoms with Gasteiger partial charge in [0, 0.05) is 67.8 Å². The highest BCUT2D eigenvalue weighted by atomic mass is 19.1. The van der Waals surface area contributed by atoms with E-state index in [1.807, 2.05) is 4.90 Å². The number of anilines is 1. The standard InChI is InChI=1S/C20H22FN5O2/c1-22-12-17-18(25-13-19-23-6-4-7-24-19)5-8-26(20(17)28-3)15-9-14(21)10-16(11-15)27-2/h4,6-7,9-12,20H,1,5,8,13H2,2-3H3. The Hall–Kier alpha value is -3.13. The molecular weight excluding hydrogens is 361 g/mol. The van der Waals surface area contributed by atoms with Crippen molar-refractivity contribution in [2.45, 2.75) is 19.2 Å². The van der Waals surface area contributed by atoms with Crippen LogP contribution in [0.1, 0.15) is 12.2 Å². The minimum absolute atomic E-state index is 0.356. The van der Waals surface area contributed by atoms with Gasteiger partial charge in [0.05, 0.1) is 13.7 Å². The summed E-state index contributed by atoms with van der Waals surface area (Å²) in [5.74, 6) is 0.697. The fourth-order valence-electron chi connectivity index (χ4n) is 3.13. The Bertz CT molecular complexity index is 885. The molecule has 0 amide bonds. The van der Waals surface area contributed by atoms with Gasteiger partial charge in [-0.1, -0.05) is 0 Å². The number of piperidine rings is 1. The van der Waals surface area contributed by atoms with Crippen molar-refractivity contribution >= 4 is 18.1 Å². The number of hydrogen-bond acceptors (Lipinski definition) is 7. The van der Waals surface area contributed by atoms with Crippen molar-refractivity contribution in [3.8, 4) is 5.75 Å². The number of rotatable bonds is 6. The topological polar surface area (TPSA) is 72.2 Å². The summed E-state index contributed by atoms with van der Waals surface area (Å²) in [7, 11) is 3.10. The summed E-state index contributed by atoms with van der Waals surface area (Å²) in [5, 5.41) is 0. The lowest BCUT2D eigenvalue weighted by Gasteiger charge is -2.38. The Morgan fingerprint density at radius 3 is 2.75 bits per heavy atom. The van der Waals surface area contributed by atoms with E-state index in [1.54, 1.807) is 37.8 Å². The molecule has 1 aromatic carbocycles. The van der Waals surface area contributed by atoms with Gasteiger partial charge in [-0.2, -0.15) is 0 Å². The molecule has 0 spiro atoms. The monoisotopic (exact) mass is 383 g/mol. The van der Waals surface area contributed by atoms with Gasteiger partial charge < -0.3 is 14.4 Å². The molecule has 28 heavy (non-hydrogen) atoms. The van der Waals surface area contributed by atoms with Gasteiger partial charge in [-0.3, -0.25) is 9.98 Å². The number of methoxy groups -OCH3 is 2. The highest BCUT2D eigenvalue weighted by Crippen LogP contribution is 2.31. The maximum atomic E-state index is 14.0. The van der Waals surface area contributed by atoms with E-state index in [-0.39, 0.29) is 5.82 Å². The molecule has 8 heteroatoms.